The van der Waals surface area contributed by atoms with Crippen LogP contribution in [0.5, 0.6) is 0 Å². The van der Waals surface area contributed by atoms with E-state index in [-0.39, 0.29) is 18.1 Å². The number of anilines is 1. The Morgan fingerprint density at radius 3 is 2.72 bits per heavy atom. The fourth-order valence-corrected chi connectivity index (χ4v) is 3.18. The van der Waals surface area contributed by atoms with E-state index in [0.717, 1.165) is 20.8 Å². The maximum Gasteiger partial charge on any atom is 0.404 e. The number of nitrogens with two attached hydrogens (primary N) is 2. The fourth-order valence-electron chi connectivity index (χ4n) is 2.83. The van der Waals surface area contributed by atoms with Crippen molar-refractivity contribution >= 4 is 49.6 Å². The number of hydrogen-bond donors (Lipinski definition) is 2. The third-order valence-corrected chi connectivity index (χ3v) is 4.66. The summed E-state index contributed by atoms with van der Waals surface area (Å²) in [7, 11) is 0. The molecule has 2 heterocycles. The summed E-state index contributed by atoms with van der Waals surface area (Å²) in [5.74, 6) is 0.364. The summed E-state index contributed by atoms with van der Waals surface area (Å²) >= 11 is 3.45. The molecule has 0 aliphatic heterocycles. The standard InChI is InChI=1S/C17H20BrN5O2/c1-17(2,3)13(8-25-16(20)24)23-7-11-10-5-4-9(18)6-12(10)21-15(19)14(11)22-23/h4-7,13H,8H2,1-3H3,(H2,19,21)(H2,20,24). The Morgan fingerprint density at radius 1 is 1.36 bits per heavy atom. The van der Waals surface area contributed by atoms with E-state index in [1.807, 2.05) is 45.2 Å². The van der Waals surface area contributed by atoms with Crippen LogP contribution in [0.1, 0.15) is 26.8 Å². The van der Waals surface area contributed by atoms with Crippen molar-refractivity contribution in [1.82, 2.24) is 14.8 Å². The summed E-state index contributed by atoms with van der Waals surface area (Å²) in [6, 6.07) is 5.65. The van der Waals surface area contributed by atoms with Gasteiger partial charge in [-0.25, -0.2) is 9.78 Å². The lowest BCUT2D eigenvalue weighted by molar-refractivity contribution is 0.0947. The second-order valence-corrected chi connectivity index (χ2v) is 7.96. The van der Waals surface area contributed by atoms with Gasteiger partial charge in [0.2, 0.25) is 0 Å². The molecular formula is C17H20BrN5O2. The number of carbonyl (C=O) groups excluding carboxylic acids is 1. The van der Waals surface area contributed by atoms with Gasteiger partial charge in [-0.15, -0.1) is 0 Å². The van der Waals surface area contributed by atoms with Crippen LogP contribution in [0.25, 0.3) is 21.8 Å². The Kier molecular flexibility index (Phi) is 4.32. The summed E-state index contributed by atoms with van der Waals surface area (Å²) in [6.07, 6.45) is 1.12. The van der Waals surface area contributed by atoms with Crippen LogP contribution >= 0.6 is 15.9 Å². The number of benzene rings is 1. The molecule has 2 aromatic heterocycles. The topological polar surface area (TPSA) is 109 Å². The van der Waals surface area contributed by atoms with Gasteiger partial charge in [-0.2, -0.15) is 5.10 Å². The van der Waals surface area contributed by atoms with E-state index in [1.165, 1.54) is 0 Å². The van der Waals surface area contributed by atoms with Gasteiger partial charge in [0.05, 0.1) is 11.6 Å². The molecule has 1 atom stereocenters. The van der Waals surface area contributed by atoms with Crippen LogP contribution in [0.2, 0.25) is 0 Å². The van der Waals surface area contributed by atoms with E-state index in [4.69, 9.17) is 16.2 Å². The molecule has 25 heavy (non-hydrogen) atoms. The second-order valence-electron chi connectivity index (χ2n) is 7.04. The first-order valence-electron chi connectivity index (χ1n) is 7.82. The lowest BCUT2D eigenvalue weighted by atomic mass is 9.87. The highest BCUT2D eigenvalue weighted by Crippen LogP contribution is 2.34. The summed E-state index contributed by atoms with van der Waals surface area (Å²) in [4.78, 5) is 15.5. The quantitative estimate of drug-likeness (QED) is 0.691. The van der Waals surface area contributed by atoms with Crippen LogP contribution in [-0.2, 0) is 4.74 Å². The van der Waals surface area contributed by atoms with Crippen molar-refractivity contribution in [1.29, 1.82) is 0 Å². The highest BCUT2D eigenvalue weighted by Gasteiger charge is 2.29. The lowest BCUT2D eigenvalue weighted by Gasteiger charge is -2.30. The molecule has 0 saturated heterocycles. The molecular weight excluding hydrogens is 386 g/mol. The van der Waals surface area contributed by atoms with E-state index in [0.29, 0.717) is 11.3 Å². The number of hydrogen-bond acceptors (Lipinski definition) is 5. The number of amides is 1. The van der Waals surface area contributed by atoms with Gasteiger partial charge in [0, 0.05) is 21.4 Å². The molecule has 0 bridgehead atoms. The van der Waals surface area contributed by atoms with Gasteiger partial charge in [-0.05, 0) is 17.5 Å². The predicted octanol–water partition coefficient (Wildman–Crippen LogP) is 3.61. The number of fused-ring (bicyclic) bond motifs is 3. The Bertz CT molecular complexity index is 961. The average molecular weight is 406 g/mol. The minimum Gasteiger partial charge on any atom is -0.447 e. The zero-order valence-electron chi connectivity index (χ0n) is 14.3. The van der Waals surface area contributed by atoms with E-state index in [1.54, 1.807) is 4.68 Å². The maximum atomic E-state index is 11.0. The number of carbonyl (C=O) groups is 1. The molecule has 0 radical (unpaired) electrons. The monoisotopic (exact) mass is 405 g/mol. The molecule has 132 valence electrons. The number of halogens is 1. The number of pyridine rings is 1. The van der Waals surface area contributed by atoms with Crippen molar-refractivity contribution in [3.8, 4) is 0 Å². The van der Waals surface area contributed by atoms with Crippen molar-refractivity contribution < 1.29 is 9.53 Å². The van der Waals surface area contributed by atoms with Gasteiger partial charge in [-0.3, -0.25) is 4.68 Å². The van der Waals surface area contributed by atoms with E-state index >= 15 is 0 Å². The summed E-state index contributed by atoms with van der Waals surface area (Å²) in [5, 5.41) is 6.48. The van der Waals surface area contributed by atoms with Crippen LogP contribution in [-0.4, -0.2) is 27.5 Å². The Labute approximate surface area is 153 Å². The number of aromatic nitrogens is 3. The SMILES string of the molecule is CC(C)(C)C(COC(N)=O)n1cc2c(n1)c(N)nc1cc(Br)ccc12. The normalized spacial score (nSPS) is 13.3. The van der Waals surface area contributed by atoms with Gasteiger partial charge in [0.1, 0.15) is 12.1 Å². The molecule has 0 fully saturated rings. The maximum absolute atomic E-state index is 11.0. The van der Waals surface area contributed by atoms with Crippen LogP contribution < -0.4 is 11.5 Å². The van der Waals surface area contributed by atoms with Crippen LogP contribution in [0.15, 0.2) is 28.9 Å². The smallest absolute Gasteiger partial charge is 0.404 e. The van der Waals surface area contributed by atoms with Gasteiger partial charge in [0.25, 0.3) is 0 Å². The van der Waals surface area contributed by atoms with E-state index in [2.05, 4.69) is 26.0 Å². The zero-order valence-corrected chi connectivity index (χ0v) is 15.9. The van der Waals surface area contributed by atoms with Crippen LogP contribution in [0.4, 0.5) is 10.6 Å². The summed E-state index contributed by atoms with van der Waals surface area (Å²) in [6.45, 7) is 6.27. The minimum absolute atomic E-state index is 0.129. The number of nitrogens with zero attached hydrogens (tertiary/aromatic N) is 3. The average Bonchev–Trinajstić information content (AvgIpc) is 2.90. The first kappa shape index (κ1) is 17.5. The third kappa shape index (κ3) is 3.39. The minimum atomic E-state index is -0.803. The Balaban J connectivity index is 2.17. The van der Waals surface area contributed by atoms with Crippen molar-refractivity contribution in [3.63, 3.8) is 0 Å². The number of rotatable bonds is 3. The largest absolute Gasteiger partial charge is 0.447 e. The van der Waals surface area contributed by atoms with Gasteiger partial charge in [0.15, 0.2) is 5.82 Å². The Morgan fingerprint density at radius 2 is 2.08 bits per heavy atom. The molecule has 0 aliphatic rings. The third-order valence-electron chi connectivity index (χ3n) is 4.17. The van der Waals surface area contributed by atoms with E-state index < -0.39 is 6.09 Å². The molecule has 0 spiro atoms. The molecule has 3 aromatic rings. The van der Waals surface area contributed by atoms with Crippen molar-refractivity contribution in [2.24, 2.45) is 11.1 Å². The molecule has 0 aliphatic carbocycles. The first-order chi connectivity index (χ1) is 11.7. The van der Waals surface area contributed by atoms with Crippen molar-refractivity contribution in [2.75, 3.05) is 12.3 Å². The molecule has 1 amide bonds. The number of ether oxygens (including phenoxy) is 1. The molecule has 7 nitrogen and oxygen atoms in total. The lowest BCUT2D eigenvalue weighted by Crippen LogP contribution is -2.31. The first-order valence-corrected chi connectivity index (χ1v) is 8.62. The number of primary amides is 1. The van der Waals surface area contributed by atoms with E-state index in [9.17, 15) is 4.79 Å². The highest BCUT2D eigenvalue weighted by molar-refractivity contribution is 9.10. The molecule has 3 rings (SSSR count). The van der Waals surface area contributed by atoms with Crippen LogP contribution in [0.3, 0.4) is 0 Å². The molecule has 4 N–H and O–H groups in total. The van der Waals surface area contributed by atoms with Gasteiger partial charge in [-0.1, -0.05) is 42.8 Å². The zero-order chi connectivity index (χ0) is 18.4. The van der Waals surface area contributed by atoms with Gasteiger partial charge < -0.3 is 16.2 Å². The van der Waals surface area contributed by atoms with Crippen molar-refractivity contribution in [2.45, 2.75) is 26.8 Å². The summed E-state index contributed by atoms with van der Waals surface area (Å²) < 4.78 is 7.76. The Hall–Kier alpha value is -2.35. The van der Waals surface area contributed by atoms with Gasteiger partial charge >= 0.3 is 6.09 Å². The molecule has 8 heteroatoms. The molecule has 0 saturated carbocycles. The molecule has 1 aromatic carbocycles. The summed E-state index contributed by atoms with van der Waals surface area (Å²) in [5.41, 5.74) is 12.4. The number of nitrogen functional groups attached to an aromatic ring is 1. The predicted molar refractivity (Wildman–Crippen MR) is 101 cm³/mol. The fraction of sp³-hybridized carbons (Fsp3) is 0.353. The molecule has 1 unspecified atom stereocenters. The highest BCUT2D eigenvalue weighted by atomic mass is 79.9. The second kappa shape index (κ2) is 6.18. The van der Waals surface area contributed by atoms with Crippen molar-refractivity contribution in [3.05, 3.63) is 28.9 Å². The van der Waals surface area contributed by atoms with Crippen LogP contribution in [0, 0.1) is 5.41 Å².